The highest BCUT2D eigenvalue weighted by Gasteiger charge is 2.23. The number of hydrogen-bond acceptors (Lipinski definition) is 5. The number of nitro groups is 1. The molecule has 2 rings (SSSR count). The van der Waals surface area contributed by atoms with Crippen molar-refractivity contribution in [1.82, 2.24) is 0 Å². The molecule has 0 saturated carbocycles. The van der Waals surface area contributed by atoms with E-state index in [1.54, 1.807) is 12.1 Å². The number of nitrogens with zero attached hydrogens (tertiary/aromatic N) is 1. The van der Waals surface area contributed by atoms with Crippen molar-refractivity contribution in [2.45, 2.75) is 4.90 Å². The molecule has 0 atom stereocenters. The first-order valence-corrected chi connectivity index (χ1v) is 6.19. The minimum absolute atomic E-state index is 0.136. The molecule has 0 radical (unpaired) electrons. The Hall–Kier alpha value is -2.19. The van der Waals surface area contributed by atoms with Gasteiger partial charge in [0.25, 0.3) is 15.8 Å². The molecule has 94 valence electrons. The van der Waals surface area contributed by atoms with Gasteiger partial charge in [0, 0.05) is 16.8 Å². The molecule has 2 aromatic carbocycles. The van der Waals surface area contributed by atoms with Crippen molar-refractivity contribution >= 4 is 32.3 Å². The number of rotatable bonds is 2. The van der Waals surface area contributed by atoms with Crippen LogP contribution in [-0.4, -0.2) is 17.9 Å². The molecule has 0 saturated heterocycles. The van der Waals surface area contributed by atoms with Crippen LogP contribution in [0.15, 0.2) is 35.2 Å². The minimum Gasteiger partial charge on any atom is -0.393 e. The first kappa shape index (κ1) is 12.3. The quantitative estimate of drug-likeness (QED) is 0.369. The van der Waals surface area contributed by atoms with Gasteiger partial charge in [-0.1, -0.05) is 24.3 Å². The lowest BCUT2D eigenvalue weighted by atomic mass is 10.1. The van der Waals surface area contributed by atoms with E-state index in [1.807, 2.05) is 0 Å². The van der Waals surface area contributed by atoms with Crippen molar-refractivity contribution in [2.75, 3.05) is 5.73 Å². The van der Waals surface area contributed by atoms with E-state index >= 15 is 0 Å². The zero-order valence-corrected chi connectivity index (χ0v) is 9.72. The van der Waals surface area contributed by atoms with Crippen molar-refractivity contribution in [3.8, 4) is 0 Å². The lowest BCUT2D eigenvalue weighted by Crippen LogP contribution is -2.04. The maximum absolute atomic E-state index is 11.2. The summed E-state index contributed by atoms with van der Waals surface area (Å²) >= 11 is 0. The largest absolute Gasteiger partial charge is 0.393 e. The van der Waals surface area contributed by atoms with E-state index in [0.29, 0.717) is 0 Å². The molecule has 0 aliphatic heterocycles. The fourth-order valence-electron chi connectivity index (χ4n) is 1.71. The van der Waals surface area contributed by atoms with Gasteiger partial charge in [-0.05, 0) is 0 Å². The van der Waals surface area contributed by atoms with Crippen molar-refractivity contribution < 1.29 is 17.9 Å². The third-order valence-corrected chi connectivity index (χ3v) is 3.39. The van der Waals surface area contributed by atoms with Crippen LogP contribution in [0.5, 0.6) is 0 Å². The third kappa shape index (κ3) is 1.87. The molecule has 7 nitrogen and oxygen atoms in total. The topological polar surface area (TPSA) is 124 Å². The molecule has 0 aliphatic carbocycles. The standard InChI is InChI=1S/C10H8N2O5S/c11-10-7-4-2-1-3-6(7)9(18(15,16)17)5-8(10)12(13)14/h1-5H,11H2,(H,15,16,17). The molecule has 8 heteroatoms. The molecule has 0 heterocycles. The number of nitro benzene ring substituents is 1. The summed E-state index contributed by atoms with van der Waals surface area (Å²) in [6, 6.07) is 6.73. The van der Waals surface area contributed by atoms with E-state index in [1.165, 1.54) is 12.1 Å². The smallest absolute Gasteiger partial charge is 0.295 e. The van der Waals surface area contributed by atoms with E-state index in [9.17, 15) is 18.5 Å². The Bertz CT molecular complexity index is 754. The Morgan fingerprint density at radius 1 is 1.22 bits per heavy atom. The predicted molar refractivity (Wildman–Crippen MR) is 64.8 cm³/mol. The van der Waals surface area contributed by atoms with Gasteiger partial charge in [0.2, 0.25) is 0 Å². The van der Waals surface area contributed by atoms with Gasteiger partial charge in [-0.2, -0.15) is 8.42 Å². The Morgan fingerprint density at radius 2 is 1.78 bits per heavy atom. The zero-order chi connectivity index (χ0) is 13.5. The molecule has 0 bridgehead atoms. The summed E-state index contributed by atoms with van der Waals surface area (Å²) in [6.45, 7) is 0. The number of nitrogen functional groups attached to an aromatic ring is 1. The molecule has 0 aromatic heterocycles. The van der Waals surface area contributed by atoms with Crippen LogP contribution in [0.25, 0.3) is 10.8 Å². The van der Waals surface area contributed by atoms with Gasteiger partial charge in [0.05, 0.1) is 4.92 Å². The summed E-state index contributed by atoms with van der Waals surface area (Å²) in [4.78, 5) is 9.47. The third-order valence-electron chi connectivity index (χ3n) is 2.50. The summed E-state index contributed by atoms with van der Waals surface area (Å²) in [6.07, 6.45) is 0. The fraction of sp³-hybridized carbons (Fsp3) is 0. The van der Waals surface area contributed by atoms with Crippen LogP contribution >= 0.6 is 0 Å². The van der Waals surface area contributed by atoms with Gasteiger partial charge >= 0.3 is 0 Å². The van der Waals surface area contributed by atoms with E-state index in [2.05, 4.69) is 0 Å². The average Bonchev–Trinajstić information content (AvgIpc) is 2.27. The Labute approximate surface area is 102 Å². The number of fused-ring (bicyclic) bond motifs is 1. The van der Waals surface area contributed by atoms with Crippen molar-refractivity contribution in [3.05, 3.63) is 40.4 Å². The normalized spacial score (nSPS) is 11.6. The van der Waals surface area contributed by atoms with Crippen LogP contribution in [0.4, 0.5) is 11.4 Å². The Morgan fingerprint density at radius 3 is 2.28 bits per heavy atom. The molecule has 18 heavy (non-hydrogen) atoms. The second-order valence-electron chi connectivity index (χ2n) is 3.59. The van der Waals surface area contributed by atoms with Gasteiger partial charge in [-0.15, -0.1) is 0 Å². The van der Waals surface area contributed by atoms with Crippen molar-refractivity contribution in [2.24, 2.45) is 0 Å². The number of hydrogen-bond donors (Lipinski definition) is 2. The maximum atomic E-state index is 11.2. The second-order valence-corrected chi connectivity index (χ2v) is 4.98. The van der Waals surface area contributed by atoms with Gasteiger partial charge < -0.3 is 5.73 Å². The van der Waals surface area contributed by atoms with Crippen LogP contribution < -0.4 is 5.73 Å². The SMILES string of the molecule is Nc1c([N+](=O)[O-])cc(S(=O)(=O)O)c2ccccc12. The van der Waals surface area contributed by atoms with Crippen LogP contribution in [0, 0.1) is 10.1 Å². The number of anilines is 1. The van der Waals surface area contributed by atoms with Crippen LogP contribution in [0.1, 0.15) is 0 Å². The predicted octanol–water partition coefficient (Wildman–Crippen LogP) is 1.58. The molecular weight excluding hydrogens is 260 g/mol. The second kappa shape index (κ2) is 3.93. The van der Waals surface area contributed by atoms with Crippen molar-refractivity contribution in [3.63, 3.8) is 0 Å². The highest BCUT2D eigenvalue weighted by molar-refractivity contribution is 7.86. The highest BCUT2D eigenvalue weighted by atomic mass is 32.2. The van der Waals surface area contributed by atoms with E-state index in [4.69, 9.17) is 10.3 Å². The summed E-state index contributed by atoms with van der Waals surface area (Å²) in [5, 5.41) is 11.1. The Balaban J connectivity index is 3.03. The lowest BCUT2D eigenvalue weighted by Gasteiger charge is -2.07. The van der Waals surface area contributed by atoms with Gasteiger partial charge in [0.1, 0.15) is 10.6 Å². The molecule has 2 aromatic rings. The van der Waals surface area contributed by atoms with Gasteiger partial charge in [-0.25, -0.2) is 0 Å². The van der Waals surface area contributed by atoms with E-state index < -0.39 is 25.6 Å². The Kier molecular flexibility index (Phi) is 2.68. The monoisotopic (exact) mass is 268 g/mol. The molecule has 0 fully saturated rings. The van der Waals surface area contributed by atoms with E-state index in [-0.39, 0.29) is 16.5 Å². The molecule has 3 N–H and O–H groups in total. The molecule has 0 unspecified atom stereocenters. The minimum atomic E-state index is -4.56. The average molecular weight is 268 g/mol. The molecular formula is C10H8N2O5S. The zero-order valence-electron chi connectivity index (χ0n) is 8.90. The van der Waals surface area contributed by atoms with Gasteiger partial charge in [0.15, 0.2) is 0 Å². The first-order chi connectivity index (χ1) is 8.32. The van der Waals surface area contributed by atoms with E-state index in [0.717, 1.165) is 6.07 Å². The fourth-order valence-corrected chi connectivity index (χ4v) is 2.43. The molecule has 0 aliphatic rings. The first-order valence-electron chi connectivity index (χ1n) is 4.75. The molecule has 0 spiro atoms. The van der Waals surface area contributed by atoms with Gasteiger partial charge in [-0.3, -0.25) is 14.7 Å². The summed E-state index contributed by atoms with van der Waals surface area (Å²) in [5.41, 5.74) is 4.92. The summed E-state index contributed by atoms with van der Waals surface area (Å²) < 4.78 is 31.5. The maximum Gasteiger partial charge on any atom is 0.295 e. The lowest BCUT2D eigenvalue weighted by molar-refractivity contribution is -0.384. The number of benzene rings is 2. The van der Waals surface area contributed by atoms with Crippen LogP contribution in [0.3, 0.4) is 0 Å². The summed E-state index contributed by atoms with van der Waals surface area (Å²) in [7, 11) is -4.56. The number of nitrogens with two attached hydrogens (primary N) is 1. The molecule has 0 amide bonds. The summed E-state index contributed by atoms with van der Waals surface area (Å²) in [5.74, 6) is 0. The van der Waals surface area contributed by atoms with Crippen LogP contribution in [-0.2, 0) is 10.1 Å². The van der Waals surface area contributed by atoms with Crippen LogP contribution in [0.2, 0.25) is 0 Å². The van der Waals surface area contributed by atoms with Crippen molar-refractivity contribution in [1.29, 1.82) is 0 Å². The highest BCUT2D eigenvalue weighted by Crippen LogP contribution is 2.35.